The van der Waals surface area contributed by atoms with Crippen molar-refractivity contribution in [1.29, 1.82) is 0 Å². The number of carbonyl (C=O) groups excluding carboxylic acids is 2. The number of nitrogens with zero attached hydrogens (tertiary/aromatic N) is 2. The highest BCUT2D eigenvalue weighted by Gasteiger charge is 2.31. The molecule has 1 aliphatic carbocycles. The van der Waals surface area contributed by atoms with Gasteiger partial charge in [-0.25, -0.2) is 9.97 Å². The lowest BCUT2D eigenvalue weighted by Crippen LogP contribution is -2.29. The van der Waals surface area contributed by atoms with Crippen molar-refractivity contribution in [2.75, 3.05) is 23.7 Å². The fourth-order valence-corrected chi connectivity index (χ4v) is 2.63. The minimum atomic E-state index is -4.52. The van der Waals surface area contributed by atoms with Gasteiger partial charge in [0.05, 0.1) is 10.6 Å². The number of anilines is 2. The molecule has 3 N–H and O–H groups in total. The number of alkyl halides is 3. The first kappa shape index (κ1) is 20.8. The molecule has 2 aromatic heterocycles. The lowest BCUT2D eigenvalue weighted by Gasteiger charge is -2.11. The molecule has 2 amide bonds. The summed E-state index contributed by atoms with van der Waals surface area (Å²) in [5, 5.41) is 7.90. The molecule has 1 saturated carbocycles. The summed E-state index contributed by atoms with van der Waals surface area (Å²) in [5.74, 6) is -0.0925. The number of hydrogen-bond donors (Lipinski definition) is 3. The summed E-state index contributed by atoms with van der Waals surface area (Å²) in [6, 6.07) is 3.76. The molecule has 0 bridgehead atoms. The molecule has 0 aromatic carbocycles. The van der Waals surface area contributed by atoms with Gasteiger partial charge in [0.15, 0.2) is 0 Å². The normalized spacial score (nSPS) is 13.7. The summed E-state index contributed by atoms with van der Waals surface area (Å²) in [4.78, 5) is 31.7. The van der Waals surface area contributed by atoms with E-state index in [1.165, 1.54) is 18.3 Å². The second-order valence-corrected chi connectivity index (χ2v) is 6.84. The van der Waals surface area contributed by atoms with Gasteiger partial charge in [0.25, 0.3) is 5.91 Å². The van der Waals surface area contributed by atoms with Crippen LogP contribution in [0.3, 0.4) is 0 Å². The van der Waals surface area contributed by atoms with Crippen molar-refractivity contribution in [3.05, 3.63) is 46.7 Å². The van der Waals surface area contributed by atoms with Gasteiger partial charge in [-0.3, -0.25) is 9.59 Å². The number of nitrogens with one attached hydrogen (secondary N) is 3. The molecule has 11 heteroatoms. The lowest BCUT2D eigenvalue weighted by atomic mass is 10.2. The Morgan fingerprint density at radius 2 is 1.93 bits per heavy atom. The highest BCUT2D eigenvalue weighted by atomic mass is 35.5. The smallest absolute Gasteiger partial charge is 0.367 e. The highest BCUT2D eigenvalue weighted by molar-refractivity contribution is 6.32. The maximum absolute atomic E-state index is 12.6. The van der Waals surface area contributed by atoms with Crippen LogP contribution in [-0.4, -0.2) is 34.9 Å². The molecular weight excluding hydrogens is 411 g/mol. The first-order valence-electron chi connectivity index (χ1n) is 8.76. The lowest BCUT2D eigenvalue weighted by molar-refractivity contribution is -0.137. The molecule has 0 aliphatic heterocycles. The number of amides is 2. The summed E-state index contributed by atoms with van der Waals surface area (Å²) >= 11 is 5.80. The molecule has 7 nitrogen and oxygen atoms in total. The first-order chi connectivity index (χ1) is 13.7. The number of rotatable bonds is 7. The van der Waals surface area contributed by atoms with E-state index in [1.54, 1.807) is 0 Å². The van der Waals surface area contributed by atoms with E-state index in [0.717, 1.165) is 18.9 Å². The molecule has 0 radical (unpaired) electrons. The number of halogens is 4. The molecule has 0 atom stereocenters. The molecule has 1 fully saturated rings. The highest BCUT2D eigenvalue weighted by Crippen LogP contribution is 2.32. The molecule has 1 aliphatic rings. The zero-order chi connectivity index (χ0) is 21.0. The molecule has 154 valence electrons. The predicted molar refractivity (Wildman–Crippen MR) is 101 cm³/mol. The molecule has 0 spiro atoms. The third-order valence-corrected chi connectivity index (χ3v) is 4.38. The summed E-state index contributed by atoms with van der Waals surface area (Å²) in [7, 11) is 0. The third-order valence-electron chi connectivity index (χ3n) is 4.09. The van der Waals surface area contributed by atoms with Crippen molar-refractivity contribution in [3.63, 3.8) is 0 Å². The Kier molecular flexibility index (Phi) is 6.21. The van der Waals surface area contributed by atoms with Crippen LogP contribution in [0.2, 0.25) is 5.02 Å². The van der Waals surface area contributed by atoms with Crippen molar-refractivity contribution in [3.8, 4) is 0 Å². The van der Waals surface area contributed by atoms with Crippen LogP contribution in [0.15, 0.2) is 30.6 Å². The first-order valence-corrected chi connectivity index (χ1v) is 9.13. The Morgan fingerprint density at radius 1 is 1.17 bits per heavy atom. The molecule has 0 unspecified atom stereocenters. The molecule has 2 heterocycles. The average molecular weight is 428 g/mol. The van der Waals surface area contributed by atoms with Crippen LogP contribution in [0.4, 0.5) is 24.8 Å². The summed E-state index contributed by atoms with van der Waals surface area (Å²) in [6.07, 6.45) is -0.707. The van der Waals surface area contributed by atoms with E-state index < -0.39 is 11.7 Å². The van der Waals surface area contributed by atoms with Crippen LogP contribution in [-0.2, 0) is 11.0 Å². The minimum absolute atomic E-state index is 0.0194. The quantitative estimate of drug-likeness (QED) is 0.589. The number of carbonyl (C=O) groups is 2. The second-order valence-electron chi connectivity index (χ2n) is 6.43. The van der Waals surface area contributed by atoms with Gasteiger partial charge in [0.1, 0.15) is 11.6 Å². The van der Waals surface area contributed by atoms with Crippen molar-refractivity contribution in [2.45, 2.75) is 19.0 Å². The SMILES string of the molecule is O=C(NCCNc1ncc(C(F)(F)F)cc1Cl)c1ccnc(NC(=O)C2CC2)c1. The van der Waals surface area contributed by atoms with Gasteiger partial charge in [-0.2, -0.15) is 13.2 Å². The van der Waals surface area contributed by atoms with Gasteiger partial charge in [0, 0.05) is 37.0 Å². The number of hydrogen-bond acceptors (Lipinski definition) is 5. The summed E-state index contributed by atoms with van der Waals surface area (Å²) in [5.41, 5.74) is -0.625. The van der Waals surface area contributed by atoms with E-state index in [1.807, 2.05) is 0 Å². The Labute approximate surface area is 169 Å². The van der Waals surface area contributed by atoms with Crippen LogP contribution in [0, 0.1) is 5.92 Å². The van der Waals surface area contributed by atoms with Gasteiger partial charge in [0.2, 0.25) is 5.91 Å². The average Bonchev–Trinajstić information content (AvgIpc) is 3.51. The van der Waals surface area contributed by atoms with E-state index in [9.17, 15) is 22.8 Å². The molecule has 3 rings (SSSR count). The molecule has 2 aromatic rings. The van der Waals surface area contributed by atoms with Crippen LogP contribution in [0.25, 0.3) is 0 Å². The van der Waals surface area contributed by atoms with E-state index in [2.05, 4.69) is 25.9 Å². The number of aromatic nitrogens is 2. The third kappa shape index (κ3) is 5.80. The maximum Gasteiger partial charge on any atom is 0.417 e. The topological polar surface area (TPSA) is 96.0 Å². The van der Waals surface area contributed by atoms with Gasteiger partial charge >= 0.3 is 6.18 Å². The van der Waals surface area contributed by atoms with Gasteiger partial charge in [-0.1, -0.05) is 11.6 Å². The van der Waals surface area contributed by atoms with Gasteiger partial charge < -0.3 is 16.0 Å². The second kappa shape index (κ2) is 8.64. The Balaban J connectivity index is 1.48. The Morgan fingerprint density at radius 3 is 2.59 bits per heavy atom. The summed E-state index contributed by atoms with van der Waals surface area (Å²) in [6.45, 7) is 0.365. The molecule has 29 heavy (non-hydrogen) atoms. The van der Waals surface area contributed by atoms with E-state index in [4.69, 9.17) is 11.6 Å². The largest absolute Gasteiger partial charge is 0.417 e. The van der Waals surface area contributed by atoms with E-state index in [0.29, 0.717) is 17.6 Å². The van der Waals surface area contributed by atoms with Crippen molar-refractivity contribution < 1.29 is 22.8 Å². The van der Waals surface area contributed by atoms with Crippen molar-refractivity contribution >= 4 is 35.1 Å². The summed E-state index contributed by atoms with van der Waals surface area (Å²) < 4.78 is 37.8. The maximum atomic E-state index is 12.6. The fraction of sp³-hybridized carbons (Fsp3) is 0.333. The predicted octanol–water partition coefficient (Wildman–Crippen LogP) is 3.34. The van der Waals surface area contributed by atoms with Crippen LogP contribution in [0.5, 0.6) is 0 Å². The molecule has 0 saturated heterocycles. The van der Waals surface area contributed by atoms with E-state index >= 15 is 0 Å². The van der Waals surface area contributed by atoms with Crippen LogP contribution in [0.1, 0.15) is 28.8 Å². The van der Waals surface area contributed by atoms with Crippen LogP contribution >= 0.6 is 11.6 Å². The number of pyridine rings is 2. The van der Waals surface area contributed by atoms with Crippen molar-refractivity contribution in [2.24, 2.45) is 5.92 Å². The molecular formula is C18H17ClF3N5O2. The Hall–Kier alpha value is -2.88. The minimum Gasteiger partial charge on any atom is -0.367 e. The van der Waals surface area contributed by atoms with Gasteiger partial charge in [-0.05, 0) is 31.0 Å². The zero-order valence-electron chi connectivity index (χ0n) is 15.0. The van der Waals surface area contributed by atoms with Crippen LogP contribution < -0.4 is 16.0 Å². The zero-order valence-corrected chi connectivity index (χ0v) is 15.8. The Bertz CT molecular complexity index is 919. The van der Waals surface area contributed by atoms with Gasteiger partial charge in [-0.15, -0.1) is 0 Å². The fourth-order valence-electron chi connectivity index (χ4n) is 2.40. The monoisotopic (exact) mass is 427 g/mol. The standard InChI is InChI=1S/C18H17ClF3N5O2/c19-13-8-12(18(20,21)22)9-26-15(13)24-5-6-25-16(28)11-3-4-23-14(7-11)27-17(29)10-1-2-10/h3-4,7-10H,1-2,5-6H2,(H,24,26)(H,25,28)(H,23,27,29). The van der Waals surface area contributed by atoms with E-state index in [-0.39, 0.29) is 41.7 Å². The van der Waals surface area contributed by atoms with Crippen molar-refractivity contribution in [1.82, 2.24) is 15.3 Å².